The fourth-order valence-electron chi connectivity index (χ4n) is 3.38. The van der Waals surface area contributed by atoms with Crippen LogP contribution in [0.25, 0.3) is 11.3 Å². The monoisotopic (exact) mass is 434 g/mol. The molecule has 2 aromatic rings. The van der Waals surface area contributed by atoms with E-state index in [1.165, 1.54) is 12.5 Å². The second kappa shape index (κ2) is 12.4. The SMILES string of the molecule is CC(=O)NCCCC[C@H](N=C(C)N/C(=C(\C)c1ccccc1)c1ccc(C)cc1)C(N)=O. The molecule has 0 aliphatic rings. The minimum Gasteiger partial charge on any atom is -0.368 e. The van der Waals surface area contributed by atoms with Crippen molar-refractivity contribution in [2.75, 3.05) is 6.54 Å². The molecule has 0 fully saturated rings. The lowest BCUT2D eigenvalue weighted by Crippen LogP contribution is -2.31. The third kappa shape index (κ3) is 8.02. The van der Waals surface area contributed by atoms with Crippen molar-refractivity contribution in [1.29, 1.82) is 0 Å². The lowest BCUT2D eigenvalue weighted by molar-refractivity contribution is -0.120. The molecule has 0 saturated carbocycles. The lowest BCUT2D eigenvalue weighted by atomic mass is 10.00. The summed E-state index contributed by atoms with van der Waals surface area (Å²) in [6.45, 7) is 8.04. The lowest BCUT2D eigenvalue weighted by Gasteiger charge is -2.17. The highest BCUT2D eigenvalue weighted by molar-refractivity contribution is 5.98. The predicted octanol–water partition coefficient (Wildman–Crippen LogP) is 4.05. The Kier molecular flexibility index (Phi) is 9.67. The van der Waals surface area contributed by atoms with Gasteiger partial charge in [-0.25, -0.2) is 0 Å². The van der Waals surface area contributed by atoms with E-state index in [9.17, 15) is 9.59 Å². The number of nitrogens with one attached hydrogen (secondary N) is 2. The summed E-state index contributed by atoms with van der Waals surface area (Å²) >= 11 is 0. The van der Waals surface area contributed by atoms with Gasteiger partial charge in [0, 0.05) is 13.5 Å². The van der Waals surface area contributed by atoms with Crippen molar-refractivity contribution < 1.29 is 9.59 Å². The molecule has 2 amide bonds. The fourth-order valence-corrected chi connectivity index (χ4v) is 3.38. The zero-order chi connectivity index (χ0) is 23.5. The number of hydrogen-bond donors (Lipinski definition) is 3. The van der Waals surface area contributed by atoms with Crippen molar-refractivity contribution in [3.63, 3.8) is 0 Å². The van der Waals surface area contributed by atoms with E-state index in [0.717, 1.165) is 35.2 Å². The number of hydrogen-bond acceptors (Lipinski definition) is 3. The number of nitrogens with zero attached hydrogens (tertiary/aromatic N) is 1. The molecule has 0 heterocycles. The molecule has 2 rings (SSSR count). The highest BCUT2D eigenvalue weighted by Gasteiger charge is 2.15. The van der Waals surface area contributed by atoms with Crippen LogP contribution in [0.3, 0.4) is 0 Å². The molecule has 32 heavy (non-hydrogen) atoms. The maximum absolute atomic E-state index is 12.0. The van der Waals surface area contributed by atoms with Gasteiger partial charge in [-0.3, -0.25) is 14.6 Å². The Morgan fingerprint density at radius 2 is 1.59 bits per heavy atom. The Balaban J connectivity index is 2.23. The minimum atomic E-state index is -0.615. The van der Waals surface area contributed by atoms with E-state index in [0.29, 0.717) is 18.8 Å². The van der Waals surface area contributed by atoms with E-state index in [2.05, 4.69) is 65.9 Å². The van der Waals surface area contributed by atoms with Gasteiger partial charge in [0.05, 0.1) is 11.5 Å². The number of unbranched alkanes of at least 4 members (excludes halogenated alkanes) is 1. The summed E-state index contributed by atoms with van der Waals surface area (Å²) in [5.41, 5.74) is 10.9. The molecule has 0 bridgehead atoms. The first-order valence-electron chi connectivity index (χ1n) is 11.0. The van der Waals surface area contributed by atoms with Gasteiger partial charge in [-0.1, -0.05) is 60.2 Å². The van der Waals surface area contributed by atoms with Crippen LogP contribution < -0.4 is 16.4 Å². The summed E-state index contributed by atoms with van der Waals surface area (Å²) < 4.78 is 0. The fraction of sp³-hybridized carbons (Fsp3) is 0.346. The van der Waals surface area contributed by atoms with Crippen LogP contribution in [-0.2, 0) is 9.59 Å². The Morgan fingerprint density at radius 3 is 2.19 bits per heavy atom. The van der Waals surface area contributed by atoms with Crippen LogP contribution in [0.1, 0.15) is 56.7 Å². The van der Waals surface area contributed by atoms with Crippen LogP contribution in [0.15, 0.2) is 59.6 Å². The average molecular weight is 435 g/mol. The van der Waals surface area contributed by atoms with Crippen LogP contribution in [-0.4, -0.2) is 30.2 Å². The number of amides is 2. The molecule has 6 heteroatoms. The minimum absolute atomic E-state index is 0.0567. The number of nitrogens with two attached hydrogens (primary N) is 1. The Labute approximate surface area is 191 Å². The van der Waals surface area contributed by atoms with Crippen molar-refractivity contribution in [1.82, 2.24) is 10.6 Å². The first-order chi connectivity index (χ1) is 15.3. The van der Waals surface area contributed by atoms with Gasteiger partial charge in [0.1, 0.15) is 6.04 Å². The zero-order valence-electron chi connectivity index (χ0n) is 19.4. The van der Waals surface area contributed by atoms with E-state index in [4.69, 9.17) is 5.73 Å². The topological polar surface area (TPSA) is 96.6 Å². The van der Waals surface area contributed by atoms with Crippen molar-refractivity contribution >= 4 is 28.9 Å². The number of carbonyl (C=O) groups is 2. The highest BCUT2D eigenvalue weighted by atomic mass is 16.1. The van der Waals surface area contributed by atoms with E-state index in [-0.39, 0.29) is 5.91 Å². The summed E-state index contributed by atoms with van der Waals surface area (Å²) in [6, 6.07) is 17.8. The normalized spacial score (nSPS) is 13.2. The zero-order valence-corrected chi connectivity index (χ0v) is 19.4. The molecule has 6 nitrogen and oxygen atoms in total. The second-order valence-electron chi connectivity index (χ2n) is 7.97. The van der Waals surface area contributed by atoms with Gasteiger partial charge in [-0.15, -0.1) is 0 Å². The molecule has 0 unspecified atom stereocenters. The van der Waals surface area contributed by atoms with Gasteiger partial charge in [-0.05, 0) is 56.7 Å². The van der Waals surface area contributed by atoms with E-state index in [1.807, 2.05) is 25.1 Å². The number of carbonyl (C=O) groups excluding carboxylic acids is 2. The van der Waals surface area contributed by atoms with Gasteiger partial charge < -0.3 is 16.4 Å². The van der Waals surface area contributed by atoms with Crippen LogP contribution in [0, 0.1) is 6.92 Å². The maximum Gasteiger partial charge on any atom is 0.242 e. The quantitative estimate of drug-likeness (QED) is 0.228. The van der Waals surface area contributed by atoms with Crippen molar-refractivity contribution in [2.45, 2.75) is 53.0 Å². The molecule has 0 radical (unpaired) electrons. The number of amidine groups is 1. The van der Waals surface area contributed by atoms with Crippen LogP contribution in [0.5, 0.6) is 0 Å². The highest BCUT2D eigenvalue weighted by Crippen LogP contribution is 2.24. The summed E-state index contributed by atoms with van der Waals surface area (Å²) in [7, 11) is 0. The molecule has 0 saturated heterocycles. The third-order valence-corrected chi connectivity index (χ3v) is 5.18. The molecule has 0 aromatic heterocycles. The Morgan fingerprint density at radius 1 is 0.938 bits per heavy atom. The van der Waals surface area contributed by atoms with Crippen molar-refractivity contribution in [3.05, 3.63) is 71.3 Å². The second-order valence-corrected chi connectivity index (χ2v) is 7.97. The van der Waals surface area contributed by atoms with Gasteiger partial charge in [0.25, 0.3) is 0 Å². The first-order valence-corrected chi connectivity index (χ1v) is 11.0. The van der Waals surface area contributed by atoms with Crippen LogP contribution >= 0.6 is 0 Å². The maximum atomic E-state index is 12.0. The van der Waals surface area contributed by atoms with Gasteiger partial charge in [-0.2, -0.15) is 0 Å². The molecule has 0 aliphatic heterocycles. The van der Waals surface area contributed by atoms with Gasteiger partial charge >= 0.3 is 0 Å². The number of aryl methyl sites for hydroxylation is 1. The standard InChI is InChI=1S/C26H34N4O2/c1-18-13-15-23(16-14-18)25(19(2)22-10-6-5-7-11-22)30-20(3)29-24(26(27)32)12-8-9-17-28-21(4)31/h5-7,10-11,13-16,24H,8-9,12,17H2,1-4H3,(H2,27,32)(H,28,31)(H,29,30)/b25-19+/t24-/m0/s1. The molecule has 1 atom stereocenters. The van der Waals surface area contributed by atoms with Crippen molar-refractivity contribution in [3.8, 4) is 0 Å². The summed E-state index contributed by atoms with van der Waals surface area (Å²) in [5, 5.41) is 6.17. The summed E-state index contributed by atoms with van der Waals surface area (Å²) in [4.78, 5) is 27.5. The molecule has 4 N–H and O–H groups in total. The number of primary amides is 1. The predicted molar refractivity (Wildman–Crippen MR) is 132 cm³/mol. The summed E-state index contributed by atoms with van der Waals surface area (Å²) in [5.74, 6) is 0.117. The van der Waals surface area contributed by atoms with Crippen LogP contribution in [0.4, 0.5) is 0 Å². The Bertz CT molecular complexity index is 963. The van der Waals surface area contributed by atoms with E-state index < -0.39 is 11.9 Å². The first kappa shape index (κ1) is 24.9. The molecule has 0 aliphatic carbocycles. The van der Waals surface area contributed by atoms with Gasteiger partial charge in [0.15, 0.2) is 0 Å². The molecular weight excluding hydrogens is 400 g/mol. The van der Waals surface area contributed by atoms with Gasteiger partial charge in [0.2, 0.25) is 11.8 Å². The largest absolute Gasteiger partial charge is 0.368 e. The summed E-state index contributed by atoms with van der Waals surface area (Å²) in [6.07, 6.45) is 2.05. The number of allylic oxidation sites excluding steroid dienone is 1. The Hall–Kier alpha value is -3.41. The van der Waals surface area contributed by atoms with E-state index in [1.54, 1.807) is 0 Å². The number of benzene rings is 2. The van der Waals surface area contributed by atoms with Crippen molar-refractivity contribution in [2.24, 2.45) is 10.7 Å². The third-order valence-electron chi connectivity index (χ3n) is 5.18. The molecule has 170 valence electrons. The smallest absolute Gasteiger partial charge is 0.242 e. The molecular formula is C26H34N4O2. The molecule has 0 spiro atoms. The average Bonchev–Trinajstić information content (AvgIpc) is 2.77. The number of rotatable bonds is 10. The molecule has 2 aromatic carbocycles. The van der Waals surface area contributed by atoms with Crippen LogP contribution in [0.2, 0.25) is 0 Å². The van der Waals surface area contributed by atoms with E-state index >= 15 is 0 Å². The number of aliphatic imine (C=N–C) groups is 1.